The number of hydrogen-bond donors (Lipinski definition) is 1. The quantitative estimate of drug-likeness (QED) is 0.755. The van der Waals surface area contributed by atoms with Gasteiger partial charge in [-0.25, -0.2) is 24.4 Å². The van der Waals surface area contributed by atoms with Crippen molar-refractivity contribution in [2.24, 2.45) is 0 Å². The Morgan fingerprint density at radius 1 is 1.38 bits per heavy atom. The van der Waals surface area contributed by atoms with Gasteiger partial charge in [-0.3, -0.25) is 0 Å². The first-order valence-corrected chi connectivity index (χ1v) is 7.23. The Kier molecular flexibility index (Phi) is 4.39. The van der Waals surface area contributed by atoms with E-state index in [-0.39, 0.29) is 12.4 Å². The molecule has 2 heterocycles. The number of hydrogen-bond acceptors (Lipinski definition) is 6. The molecule has 0 aliphatic carbocycles. The summed E-state index contributed by atoms with van der Waals surface area (Å²) in [7, 11) is 1.51. The average molecular weight is 346 g/mol. The van der Waals surface area contributed by atoms with Gasteiger partial charge in [-0.05, 0) is 12.1 Å². The molecule has 0 atom stereocenters. The Hall–Kier alpha value is -3.00. The van der Waals surface area contributed by atoms with Crippen LogP contribution >= 0.6 is 11.6 Å². The molecule has 0 unspecified atom stereocenters. The fourth-order valence-corrected chi connectivity index (χ4v) is 2.29. The number of halogens is 1. The van der Waals surface area contributed by atoms with Crippen molar-refractivity contribution in [2.45, 2.75) is 6.54 Å². The molecule has 8 nitrogen and oxygen atoms in total. The van der Waals surface area contributed by atoms with Crippen molar-refractivity contribution in [2.75, 3.05) is 7.11 Å². The van der Waals surface area contributed by atoms with Gasteiger partial charge in [0.1, 0.15) is 12.0 Å². The van der Waals surface area contributed by atoms with E-state index in [2.05, 4.69) is 20.1 Å². The van der Waals surface area contributed by atoms with Crippen LogP contribution in [0.2, 0.25) is 5.02 Å². The maximum absolute atomic E-state index is 10.8. The number of aromatic nitrogens is 5. The minimum Gasteiger partial charge on any atom is -0.479 e. The van der Waals surface area contributed by atoms with Crippen LogP contribution in [-0.4, -0.2) is 42.9 Å². The van der Waals surface area contributed by atoms with Crippen molar-refractivity contribution >= 4 is 17.6 Å². The zero-order chi connectivity index (χ0) is 17.1. The number of carboxylic acid groups (broad SMARTS) is 1. The van der Waals surface area contributed by atoms with Crippen molar-refractivity contribution in [3.05, 3.63) is 53.3 Å². The fraction of sp³-hybridized carbons (Fsp3) is 0.133. The molecule has 3 rings (SSSR count). The van der Waals surface area contributed by atoms with Gasteiger partial charge in [0.25, 0.3) is 5.82 Å². The normalized spacial score (nSPS) is 10.6. The number of rotatable bonds is 5. The number of carbonyl (C=O) groups is 1. The first kappa shape index (κ1) is 15.9. The highest BCUT2D eigenvalue weighted by molar-refractivity contribution is 6.30. The average Bonchev–Trinajstić information content (AvgIpc) is 3.03. The molecule has 1 aromatic carbocycles. The molecule has 0 saturated carbocycles. The molecule has 0 bridgehead atoms. The minimum absolute atomic E-state index is 0.227. The van der Waals surface area contributed by atoms with Crippen LogP contribution in [0, 0.1) is 0 Å². The zero-order valence-corrected chi connectivity index (χ0v) is 13.3. The van der Waals surface area contributed by atoms with E-state index in [1.54, 1.807) is 12.1 Å². The first-order valence-electron chi connectivity index (χ1n) is 6.85. The van der Waals surface area contributed by atoms with Crippen LogP contribution in [0.5, 0.6) is 5.88 Å². The maximum Gasteiger partial charge on any atom is 0.375 e. The predicted molar refractivity (Wildman–Crippen MR) is 85.1 cm³/mol. The number of aromatic carboxylic acids is 1. The lowest BCUT2D eigenvalue weighted by Crippen LogP contribution is -2.07. The second-order valence-electron chi connectivity index (χ2n) is 4.80. The van der Waals surface area contributed by atoms with E-state index < -0.39 is 5.97 Å². The van der Waals surface area contributed by atoms with Gasteiger partial charge in [0.2, 0.25) is 5.88 Å². The molecule has 122 valence electrons. The molecule has 0 amide bonds. The lowest BCUT2D eigenvalue weighted by Gasteiger charge is -2.09. The molecule has 0 aliphatic heterocycles. The van der Waals surface area contributed by atoms with Crippen molar-refractivity contribution in [1.29, 1.82) is 0 Å². The van der Waals surface area contributed by atoms with Crippen LogP contribution in [-0.2, 0) is 6.54 Å². The third-order valence-corrected chi connectivity index (χ3v) is 3.37. The standard InChI is InChI=1S/C15H12ClN5O3/c1-24-14-12(9-3-2-4-10(16)5-9)19-11(6-17-14)7-21-8-18-13(20-21)15(22)23/h2-6,8H,7H2,1H3,(H,22,23). The van der Waals surface area contributed by atoms with E-state index in [1.807, 2.05) is 12.1 Å². The monoisotopic (exact) mass is 345 g/mol. The molecule has 0 radical (unpaired) electrons. The topological polar surface area (TPSA) is 103 Å². The molecular weight excluding hydrogens is 334 g/mol. The number of methoxy groups -OCH3 is 1. The molecule has 0 fully saturated rings. The van der Waals surface area contributed by atoms with Crippen LogP contribution in [0.3, 0.4) is 0 Å². The minimum atomic E-state index is -1.19. The first-order chi connectivity index (χ1) is 11.6. The third kappa shape index (κ3) is 3.33. The SMILES string of the molecule is COc1ncc(Cn2cnc(C(=O)O)n2)nc1-c1cccc(Cl)c1. The van der Waals surface area contributed by atoms with Gasteiger partial charge in [-0.2, -0.15) is 0 Å². The summed E-state index contributed by atoms with van der Waals surface area (Å²) in [5.74, 6) is -1.09. The van der Waals surface area contributed by atoms with Gasteiger partial charge < -0.3 is 9.84 Å². The number of nitrogens with zero attached hydrogens (tertiary/aromatic N) is 5. The summed E-state index contributed by atoms with van der Waals surface area (Å²) in [6, 6.07) is 7.18. The van der Waals surface area contributed by atoms with Crippen LogP contribution in [0.1, 0.15) is 16.3 Å². The van der Waals surface area contributed by atoms with Gasteiger partial charge in [0.15, 0.2) is 0 Å². The summed E-state index contributed by atoms with van der Waals surface area (Å²) >= 11 is 6.03. The highest BCUT2D eigenvalue weighted by Gasteiger charge is 2.13. The van der Waals surface area contributed by atoms with Gasteiger partial charge in [0, 0.05) is 10.6 Å². The van der Waals surface area contributed by atoms with E-state index in [9.17, 15) is 4.79 Å². The highest BCUT2D eigenvalue weighted by atomic mass is 35.5. The Morgan fingerprint density at radius 3 is 2.88 bits per heavy atom. The Balaban J connectivity index is 1.95. The smallest absolute Gasteiger partial charge is 0.375 e. The molecule has 0 aliphatic rings. The summed E-state index contributed by atoms with van der Waals surface area (Å²) in [5, 5.41) is 13.3. The predicted octanol–water partition coefficient (Wildman–Crippen LogP) is 2.14. The summed E-state index contributed by atoms with van der Waals surface area (Å²) in [4.78, 5) is 23.3. The zero-order valence-electron chi connectivity index (χ0n) is 12.5. The summed E-state index contributed by atoms with van der Waals surface area (Å²) < 4.78 is 6.63. The Morgan fingerprint density at radius 2 is 2.21 bits per heavy atom. The lowest BCUT2D eigenvalue weighted by molar-refractivity contribution is 0.0683. The van der Waals surface area contributed by atoms with E-state index in [4.69, 9.17) is 21.4 Å². The summed E-state index contributed by atoms with van der Waals surface area (Å²) in [6.07, 6.45) is 2.86. The van der Waals surface area contributed by atoms with Gasteiger partial charge in [-0.15, -0.1) is 5.10 Å². The highest BCUT2D eigenvalue weighted by Crippen LogP contribution is 2.28. The van der Waals surface area contributed by atoms with Crippen LogP contribution in [0.4, 0.5) is 0 Å². The van der Waals surface area contributed by atoms with Gasteiger partial charge in [0.05, 0.1) is 25.5 Å². The van der Waals surface area contributed by atoms with Gasteiger partial charge >= 0.3 is 5.97 Å². The lowest BCUT2D eigenvalue weighted by atomic mass is 10.1. The number of carboxylic acids is 1. The molecule has 3 aromatic rings. The number of benzene rings is 1. The molecule has 2 aromatic heterocycles. The van der Waals surface area contributed by atoms with Crippen molar-refractivity contribution in [1.82, 2.24) is 24.7 Å². The second kappa shape index (κ2) is 6.63. The molecule has 1 N–H and O–H groups in total. The second-order valence-corrected chi connectivity index (χ2v) is 5.24. The Labute approximate surface area is 141 Å². The molecule has 24 heavy (non-hydrogen) atoms. The van der Waals surface area contributed by atoms with E-state index in [0.29, 0.717) is 22.3 Å². The largest absolute Gasteiger partial charge is 0.479 e. The van der Waals surface area contributed by atoms with E-state index >= 15 is 0 Å². The number of ether oxygens (including phenoxy) is 1. The molecular formula is C15H12ClN5O3. The van der Waals surface area contributed by atoms with Crippen LogP contribution < -0.4 is 4.74 Å². The molecule has 0 spiro atoms. The van der Waals surface area contributed by atoms with E-state index in [1.165, 1.54) is 24.3 Å². The molecule has 9 heteroatoms. The van der Waals surface area contributed by atoms with Crippen LogP contribution in [0.15, 0.2) is 36.8 Å². The third-order valence-electron chi connectivity index (χ3n) is 3.13. The maximum atomic E-state index is 10.8. The van der Waals surface area contributed by atoms with Gasteiger partial charge in [-0.1, -0.05) is 23.7 Å². The van der Waals surface area contributed by atoms with Crippen molar-refractivity contribution in [3.63, 3.8) is 0 Å². The molecule has 0 saturated heterocycles. The fourth-order valence-electron chi connectivity index (χ4n) is 2.10. The Bertz CT molecular complexity index is 896. The van der Waals surface area contributed by atoms with Crippen molar-refractivity contribution in [3.8, 4) is 17.1 Å². The summed E-state index contributed by atoms with van der Waals surface area (Å²) in [6.45, 7) is 0.227. The van der Waals surface area contributed by atoms with E-state index in [0.717, 1.165) is 5.56 Å². The summed E-state index contributed by atoms with van der Waals surface area (Å²) in [5.41, 5.74) is 1.88. The van der Waals surface area contributed by atoms with Crippen molar-refractivity contribution < 1.29 is 14.6 Å². The van der Waals surface area contributed by atoms with Crippen LogP contribution in [0.25, 0.3) is 11.3 Å².